The monoisotopic (exact) mass is 351 g/mol. The Morgan fingerprint density at radius 2 is 2.21 bits per heavy atom. The van der Waals surface area contributed by atoms with Crippen LogP contribution in [0.3, 0.4) is 0 Å². The molecule has 1 aliphatic heterocycles. The lowest BCUT2D eigenvalue weighted by Crippen LogP contribution is -2.52. The van der Waals surface area contributed by atoms with Crippen LogP contribution in [0.1, 0.15) is 9.80 Å². The summed E-state index contributed by atoms with van der Waals surface area (Å²) in [6, 6.07) is 7.95. The predicted octanol–water partition coefficient (Wildman–Crippen LogP) is 1.40. The molecule has 8 heteroatoms. The highest BCUT2D eigenvalue weighted by Gasteiger charge is 2.30. The highest BCUT2D eigenvalue weighted by atomic mass is 32.1. The molecule has 1 aliphatic rings. The van der Waals surface area contributed by atoms with E-state index in [0.717, 1.165) is 16.8 Å². The minimum Gasteiger partial charge on any atom is -0.483 e. The Kier molecular flexibility index (Phi) is 6.65. The van der Waals surface area contributed by atoms with Gasteiger partial charge in [0.25, 0.3) is 12.4 Å². The molecular formula is C16H21N3O4S. The standard InChI is InChI=1S/C15H19N3O2S.CH2O2/c1-17(2)9-11-10-20-8-7-18(11)15(19)14-16-12-5-3-4-6-13(12)21-14;2-1-3/h3-6,11H,7-10H2,1-2H3;1H,(H,2,3). The van der Waals surface area contributed by atoms with E-state index in [0.29, 0.717) is 24.8 Å². The maximum atomic E-state index is 12.8. The summed E-state index contributed by atoms with van der Waals surface area (Å²) in [5.74, 6) is 0.0198. The van der Waals surface area contributed by atoms with Crippen LogP contribution in [0.5, 0.6) is 0 Å². The van der Waals surface area contributed by atoms with Gasteiger partial charge in [-0.25, -0.2) is 4.98 Å². The van der Waals surface area contributed by atoms with Gasteiger partial charge in [-0.15, -0.1) is 11.3 Å². The van der Waals surface area contributed by atoms with Crippen LogP contribution in [0.2, 0.25) is 0 Å². The molecule has 1 saturated heterocycles. The number of nitrogens with zero attached hydrogens (tertiary/aromatic N) is 3. The topological polar surface area (TPSA) is 83.0 Å². The summed E-state index contributed by atoms with van der Waals surface area (Å²) in [5.41, 5.74) is 0.892. The second kappa shape index (κ2) is 8.72. The van der Waals surface area contributed by atoms with Gasteiger partial charge in [-0.1, -0.05) is 12.1 Å². The van der Waals surface area contributed by atoms with Crippen molar-refractivity contribution < 1.29 is 19.4 Å². The molecule has 130 valence electrons. The molecule has 0 aliphatic carbocycles. The Bertz CT molecular complexity index is 656. The molecule has 1 atom stereocenters. The molecule has 1 unspecified atom stereocenters. The zero-order chi connectivity index (χ0) is 17.5. The number of amides is 1. The molecule has 0 spiro atoms. The number of aromatic nitrogens is 1. The molecular weight excluding hydrogens is 330 g/mol. The van der Waals surface area contributed by atoms with Gasteiger partial charge in [0.15, 0.2) is 5.01 Å². The van der Waals surface area contributed by atoms with Crippen LogP contribution >= 0.6 is 11.3 Å². The molecule has 1 aromatic heterocycles. The van der Waals surface area contributed by atoms with Gasteiger partial charge in [-0.05, 0) is 26.2 Å². The highest BCUT2D eigenvalue weighted by Crippen LogP contribution is 2.24. The van der Waals surface area contributed by atoms with Gasteiger partial charge < -0.3 is 19.6 Å². The van der Waals surface area contributed by atoms with Gasteiger partial charge in [-0.2, -0.15) is 0 Å². The average molecular weight is 351 g/mol. The van der Waals surface area contributed by atoms with E-state index in [1.165, 1.54) is 11.3 Å². The smallest absolute Gasteiger partial charge is 0.290 e. The van der Waals surface area contributed by atoms with Crippen LogP contribution in [0.4, 0.5) is 0 Å². The number of hydrogen-bond acceptors (Lipinski definition) is 6. The van der Waals surface area contributed by atoms with Crippen molar-refractivity contribution in [3.8, 4) is 0 Å². The molecule has 0 saturated carbocycles. The van der Waals surface area contributed by atoms with E-state index in [2.05, 4.69) is 9.88 Å². The van der Waals surface area contributed by atoms with E-state index >= 15 is 0 Å². The van der Waals surface area contributed by atoms with Crippen molar-refractivity contribution in [2.45, 2.75) is 6.04 Å². The van der Waals surface area contributed by atoms with Gasteiger partial charge in [0.05, 0.1) is 29.5 Å². The number of rotatable bonds is 3. The Balaban J connectivity index is 0.000000647. The number of likely N-dealkylation sites (N-methyl/N-ethyl adjacent to an activating group) is 1. The zero-order valence-corrected chi connectivity index (χ0v) is 14.5. The Morgan fingerprint density at radius 3 is 2.88 bits per heavy atom. The first-order valence-corrected chi connectivity index (χ1v) is 8.35. The summed E-state index contributed by atoms with van der Waals surface area (Å²) >= 11 is 1.46. The predicted molar refractivity (Wildman–Crippen MR) is 92.5 cm³/mol. The molecule has 1 fully saturated rings. The summed E-state index contributed by atoms with van der Waals surface area (Å²) in [6.07, 6.45) is 0. The maximum Gasteiger partial charge on any atom is 0.290 e. The van der Waals surface area contributed by atoms with E-state index in [9.17, 15) is 4.79 Å². The first kappa shape index (κ1) is 18.3. The summed E-state index contributed by atoms with van der Waals surface area (Å²) in [4.78, 5) is 29.6. The second-order valence-corrected chi connectivity index (χ2v) is 6.61. The minimum absolute atomic E-state index is 0.0198. The molecule has 0 radical (unpaired) electrons. The summed E-state index contributed by atoms with van der Waals surface area (Å²) in [7, 11) is 4.02. The van der Waals surface area contributed by atoms with E-state index < -0.39 is 0 Å². The van der Waals surface area contributed by atoms with Gasteiger partial charge >= 0.3 is 0 Å². The number of ether oxygens (including phenoxy) is 1. The molecule has 2 aromatic rings. The Hall–Kier alpha value is -2.03. The third-order valence-electron chi connectivity index (χ3n) is 3.54. The van der Waals surface area contributed by atoms with Crippen LogP contribution in [-0.2, 0) is 9.53 Å². The van der Waals surface area contributed by atoms with Crippen molar-refractivity contribution >= 4 is 33.9 Å². The van der Waals surface area contributed by atoms with Crippen molar-refractivity contribution in [3.63, 3.8) is 0 Å². The molecule has 0 bridgehead atoms. The third-order valence-corrected chi connectivity index (χ3v) is 4.57. The van der Waals surface area contributed by atoms with Gasteiger partial charge in [0.2, 0.25) is 0 Å². The Morgan fingerprint density at radius 1 is 1.50 bits per heavy atom. The first-order chi connectivity index (χ1) is 11.6. The van der Waals surface area contributed by atoms with Crippen LogP contribution in [0.25, 0.3) is 10.2 Å². The average Bonchev–Trinajstić information content (AvgIpc) is 2.99. The van der Waals surface area contributed by atoms with Crippen LogP contribution in [0.15, 0.2) is 24.3 Å². The van der Waals surface area contributed by atoms with Crippen molar-refractivity contribution in [3.05, 3.63) is 29.3 Å². The lowest BCUT2D eigenvalue weighted by atomic mass is 10.2. The third kappa shape index (κ3) is 4.50. The van der Waals surface area contributed by atoms with Crippen molar-refractivity contribution in [2.75, 3.05) is 40.4 Å². The number of hydrogen-bond donors (Lipinski definition) is 1. The van der Waals surface area contributed by atoms with E-state index in [4.69, 9.17) is 14.6 Å². The van der Waals surface area contributed by atoms with E-state index in [1.54, 1.807) is 0 Å². The number of para-hydroxylation sites is 1. The molecule has 2 heterocycles. The SMILES string of the molecule is CN(C)CC1COCCN1C(=O)c1nc2ccccc2s1.O=CO. The fourth-order valence-electron chi connectivity index (χ4n) is 2.58. The summed E-state index contributed by atoms with van der Waals surface area (Å²) < 4.78 is 6.57. The van der Waals surface area contributed by atoms with Gasteiger partial charge in [0, 0.05) is 13.1 Å². The van der Waals surface area contributed by atoms with Crippen LogP contribution in [-0.4, -0.2) is 78.7 Å². The highest BCUT2D eigenvalue weighted by molar-refractivity contribution is 7.20. The molecule has 7 nitrogen and oxygen atoms in total. The fraction of sp³-hybridized carbons (Fsp3) is 0.438. The fourth-order valence-corrected chi connectivity index (χ4v) is 3.50. The number of fused-ring (bicyclic) bond motifs is 1. The largest absolute Gasteiger partial charge is 0.483 e. The minimum atomic E-state index is -0.250. The quantitative estimate of drug-likeness (QED) is 0.842. The molecule has 3 rings (SSSR count). The first-order valence-electron chi connectivity index (χ1n) is 7.53. The summed E-state index contributed by atoms with van der Waals surface area (Å²) in [5, 5.41) is 7.46. The van der Waals surface area contributed by atoms with Crippen LogP contribution in [0, 0.1) is 0 Å². The number of carbonyl (C=O) groups is 2. The lowest BCUT2D eigenvalue weighted by Gasteiger charge is -2.36. The van der Waals surface area contributed by atoms with Crippen molar-refractivity contribution in [2.24, 2.45) is 0 Å². The van der Waals surface area contributed by atoms with Crippen LogP contribution < -0.4 is 0 Å². The molecule has 1 aromatic carbocycles. The van der Waals surface area contributed by atoms with E-state index in [1.807, 2.05) is 43.3 Å². The number of morpholine rings is 1. The summed E-state index contributed by atoms with van der Waals surface area (Å²) in [6.45, 7) is 2.37. The second-order valence-electron chi connectivity index (χ2n) is 5.58. The van der Waals surface area contributed by atoms with Crippen molar-refractivity contribution in [1.82, 2.24) is 14.8 Å². The van der Waals surface area contributed by atoms with Gasteiger partial charge in [-0.3, -0.25) is 9.59 Å². The normalized spacial score (nSPS) is 17.5. The molecule has 24 heavy (non-hydrogen) atoms. The number of carbonyl (C=O) groups excluding carboxylic acids is 1. The maximum absolute atomic E-state index is 12.8. The Labute approximate surface area is 144 Å². The van der Waals surface area contributed by atoms with Crippen molar-refractivity contribution in [1.29, 1.82) is 0 Å². The lowest BCUT2D eigenvalue weighted by molar-refractivity contribution is -0.122. The zero-order valence-electron chi connectivity index (χ0n) is 13.7. The molecule has 1 N–H and O–H groups in total. The van der Waals surface area contributed by atoms with Gasteiger partial charge in [0.1, 0.15) is 0 Å². The number of thiazole rings is 1. The number of benzene rings is 1. The van der Waals surface area contributed by atoms with E-state index in [-0.39, 0.29) is 18.4 Å². The number of carboxylic acid groups (broad SMARTS) is 1. The molecule has 1 amide bonds.